The maximum absolute atomic E-state index is 4.96. The average Bonchev–Trinajstić information content (AvgIpc) is 3.61. The molecule has 6 aromatic rings. The lowest BCUT2D eigenvalue weighted by atomic mass is 10.1. The SMILES string of the molecule is CCCCCCCCCCn1c2ccccc2c2cc(/C=N\N(c3ccccc3)c3ccc4nn[nH]c4c3)ccc21. The first-order valence-corrected chi connectivity index (χ1v) is 15.0. The molecular weight excluding hydrogens is 504 g/mol. The molecule has 0 aliphatic heterocycles. The second-order valence-corrected chi connectivity index (χ2v) is 10.8. The van der Waals surface area contributed by atoms with E-state index < -0.39 is 0 Å². The molecule has 4 aromatic carbocycles. The van der Waals surface area contributed by atoms with Crippen LogP contribution in [-0.2, 0) is 6.54 Å². The number of fused-ring (bicyclic) bond motifs is 4. The second kappa shape index (κ2) is 12.8. The minimum atomic E-state index is 0.833. The highest BCUT2D eigenvalue weighted by molar-refractivity contribution is 6.09. The average molecular weight is 543 g/mol. The van der Waals surface area contributed by atoms with Crippen LogP contribution in [0.3, 0.4) is 0 Å². The number of H-pyrrole nitrogens is 1. The number of hydrogen-bond donors (Lipinski definition) is 1. The fourth-order valence-corrected chi connectivity index (χ4v) is 5.74. The Morgan fingerprint density at radius 3 is 2.34 bits per heavy atom. The summed E-state index contributed by atoms with van der Waals surface area (Å²) in [6.45, 7) is 3.33. The molecular formula is C35H38N6. The van der Waals surface area contributed by atoms with E-state index in [1.54, 1.807) is 0 Å². The fraction of sp³-hybridized carbons (Fsp3) is 0.286. The number of benzene rings is 4. The van der Waals surface area contributed by atoms with Crippen molar-refractivity contribution < 1.29 is 0 Å². The van der Waals surface area contributed by atoms with E-state index in [4.69, 9.17) is 5.10 Å². The third-order valence-corrected chi connectivity index (χ3v) is 7.91. The van der Waals surface area contributed by atoms with Gasteiger partial charge in [-0.2, -0.15) is 5.10 Å². The predicted octanol–water partition coefficient (Wildman–Crippen LogP) is 9.38. The van der Waals surface area contributed by atoms with Crippen LogP contribution in [0, 0.1) is 0 Å². The van der Waals surface area contributed by atoms with E-state index in [1.807, 2.05) is 47.6 Å². The van der Waals surface area contributed by atoms with Crippen LogP contribution >= 0.6 is 0 Å². The summed E-state index contributed by atoms with van der Waals surface area (Å²) in [5.74, 6) is 0. The van der Waals surface area contributed by atoms with E-state index in [9.17, 15) is 0 Å². The number of para-hydroxylation sites is 2. The number of aryl methyl sites for hydroxylation is 1. The van der Waals surface area contributed by atoms with E-state index in [0.717, 1.165) is 34.5 Å². The maximum atomic E-state index is 4.96. The van der Waals surface area contributed by atoms with Gasteiger partial charge in [-0.05, 0) is 60.5 Å². The van der Waals surface area contributed by atoms with Gasteiger partial charge in [0, 0.05) is 28.4 Å². The van der Waals surface area contributed by atoms with Gasteiger partial charge >= 0.3 is 0 Å². The number of nitrogens with one attached hydrogen (secondary N) is 1. The molecule has 0 amide bonds. The van der Waals surface area contributed by atoms with Crippen LogP contribution in [0.4, 0.5) is 11.4 Å². The zero-order valence-electron chi connectivity index (χ0n) is 23.8. The Kier molecular flexibility index (Phi) is 8.36. The molecule has 1 N–H and O–H groups in total. The number of aromatic nitrogens is 4. The van der Waals surface area contributed by atoms with Crippen LogP contribution in [0.2, 0.25) is 0 Å². The zero-order chi connectivity index (χ0) is 27.9. The lowest BCUT2D eigenvalue weighted by molar-refractivity contribution is 0.553. The van der Waals surface area contributed by atoms with Crippen LogP contribution in [0.5, 0.6) is 0 Å². The highest BCUT2D eigenvalue weighted by atomic mass is 15.5. The van der Waals surface area contributed by atoms with Gasteiger partial charge in [0.05, 0.1) is 23.1 Å². The van der Waals surface area contributed by atoms with Crippen LogP contribution in [-0.4, -0.2) is 26.2 Å². The third-order valence-electron chi connectivity index (χ3n) is 7.91. The van der Waals surface area contributed by atoms with E-state index in [2.05, 4.69) is 81.5 Å². The molecule has 0 radical (unpaired) electrons. The summed E-state index contributed by atoms with van der Waals surface area (Å²) in [5.41, 5.74) is 7.31. The first-order chi connectivity index (χ1) is 20.3. The molecule has 0 spiro atoms. The zero-order valence-corrected chi connectivity index (χ0v) is 23.8. The standard InChI is InChI=1S/C35H38N6/c1-2-3-4-5-6-7-8-14-23-40-34-18-13-12-17-30(34)31-24-27(19-22-35(31)40)26-36-41(28-15-10-9-11-16-28)29-20-21-32-33(25-29)38-39-37-32/h9-13,15-22,24-26H,2-8,14,23H2,1H3,(H,37,38,39)/b36-26-. The maximum Gasteiger partial charge on any atom is 0.113 e. The number of aromatic amines is 1. The molecule has 6 nitrogen and oxygen atoms in total. The predicted molar refractivity (Wildman–Crippen MR) is 172 cm³/mol. The minimum absolute atomic E-state index is 0.833. The first-order valence-electron chi connectivity index (χ1n) is 15.0. The van der Waals surface area contributed by atoms with Crippen LogP contribution < -0.4 is 5.01 Å². The van der Waals surface area contributed by atoms with Crippen LogP contribution in [0.15, 0.2) is 96.1 Å². The number of hydrazone groups is 1. The lowest BCUT2D eigenvalue weighted by Gasteiger charge is -2.19. The summed E-state index contributed by atoms with van der Waals surface area (Å²) in [4.78, 5) is 0. The molecule has 0 saturated heterocycles. The van der Waals surface area contributed by atoms with Gasteiger partial charge in [0.1, 0.15) is 5.52 Å². The Hall–Kier alpha value is -4.45. The summed E-state index contributed by atoms with van der Waals surface area (Å²) < 4.78 is 2.51. The van der Waals surface area contributed by atoms with Gasteiger partial charge in [-0.15, -0.1) is 5.10 Å². The van der Waals surface area contributed by atoms with Crippen LogP contribution in [0.25, 0.3) is 32.8 Å². The number of nitrogens with zero attached hydrogens (tertiary/aromatic N) is 5. The Morgan fingerprint density at radius 1 is 0.732 bits per heavy atom. The van der Waals surface area contributed by atoms with Crippen molar-refractivity contribution in [3.63, 3.8) is 0 Å². The fourth-order valence-electron chi connectivity index (χ4n) is 5.74. The molecule has 0 aliphatic carbocycles. The minimum Gasteiger partial charge on any atom is -0.340 e. The van der Waals surface area contributed by atoms with Gasteiger partial charge < -0.3 is 4.57 Å². The highest BCUT2D eigenvalue weighted by Gasteiger charge is 2.12. The number of unbranched alkanes of at least 4 members (excludes halogenated alkanes) is 7. The van der Waals surface area contributed by atoms with E-state index in [0.29, 0.717) is 0 Å². The lowest BCUT2D eigenvalue weighted by Crippen LogP contribution is -2.09. The molecule has 2 aromatic heterocycles. The smallest absolute Gasteiger partial charge is 0.113 e. The van der Waals surface area contributed by atoms with Gasteiger partial charge in [0.25, 0.3) is 0 Å². The summed E-state index contributed by atoms with van der Waals surface area (Å²) in [6.07, 6.45) is 12.6. The third kappa shape index (κ3) is 6.02. The number of hydrogen-bond acceptors (Lipinski definition) is 4. The molecule has 0 fully saturated rings. The first kappa shape index (κ1) is 26.8. The Morgan fingerprint density at radius 2 is 1.49 bits per heavy atom. The molecule has 0 aliphatic rings. The molecule has 0 atom stereocenters. The second-order valence-electron chi connectivity index (χ2n) is 10.8. The Balaban J connectivity index is 1.25. The molecule has 0 unspecified atom stereocenters. The van der Waals surface area contributed by atoms with Crippen molar-refractivity contribution in [2.75, 3.05) is 5.01 Å². The molecule has 6 rings (SSSR count). The molecule has 0 bridgehead atoms. The van der Waals surface area contributed by atoms with Crippen molar-refractivity contribution in [2.45, 2.75) is 64.8 Å². The molecule has 6 heteroatoms. The van der Waals surface area contributed by atoms with Crippen molar-refractivity contribution in [1.29, 1.82) is 0 Å². The van der Waals surface area contributed by atoms with Crippen LogP contribution in [0.1, 0.15) is 63.9 Å². The Labute approximate surface area is 241 Å². The van der Waals surface area contributed by atoms with Crippen molar-refractivity contribution in [1.82, 2.24) is 20.0 Å². The summed E-state index contributed by atoms with van der Waals surface area (Å²) in [5, 5.41) is 20.5. The molecule has 0 saturated carbocycles. The topological polar surface area (TPSA) is 62.1 Å². The van der Waals surface area contributed by atoms with E-state index >= 15 is 0 Å². The van der Waals surface area contributed by atoms with Gasteiger partial charge in [-0.25, -0.2) is 5.01 Å². The van der Waals surface area contributed by atoms with Crippen molar-refractivity contribution in [3.05, 3.63) is 96.6 Å². The van der Waals surface area contributed by atoms with E-state index in [-0.39, 0.29) is 0 Å². The van der Waals surface area contributed by atoms with Crippen molar-refractivity contribution >= 4 is 50.4 Å². The normalized spacial score (nSPS) is 11.8. The van der Waals surface area contributed by atoms with Gasteiger partial charge in [0.15, 0.2) is 0 Å². The number of rotatable bonds is 13. The number of anilines is 2. The highest BCUT2D eigenvalue weighted by Crippen LogP contribution is 2.31. The van der Waals surface area contributed by atoms with E-state index in [1.165, 1.54) is 73.2 Å². The summed E-state index contributed by atoms with van der Waals surface area (Å²) in [6, 6.07) is 31.7. The monoisotopic (exact) mass is 542 g/mol. The summed E-state index contributed by atoms with van der Waals surface area (Å²) in [7, 11) is 0. The molecule has 41 heavy (non-hydrogen) atoms. The van der Waals surface area contributed by atoms with Gasteiger partial charge in [-0.3, -0.25) is 5.10 Å². The quantitative estimate of drug-likeness (QED) is 0.0898. The van der Waals surface area contributed by atoms with Gasteiger partial charge in [0.2, 0.25) is 0 Å². The largest absolute Gasteiger partial charge is 0.340 e. The molecule has 2 heterocycles. The van der Waals surface area contributed by atoms with Crippen molar-refractivity contribution in [2.24, 2.45) is 5.10 Å². The van der Waals surface area contributed by atoms with Gasteiger partial charge in [-0.1, -0.05) is 99.5 Å². The van der Waals surface area contributed by atoms with Crippen molar-refractivity contribution in [3.8, 4) is 0 Å². The Bertz CT molecular complexity index is 1750. The summed E-state index contributed by atoms with van der Waals surface area (Å²) >= 11 is 0. The molecule has 208 valence electrons.